The zero-order valence-corrected chi connectivity index (χ0v) is 7.16. The van der Waals surface area contributed by atoms with Crippen molar-refractivity contribution >= 4 is 5.78 Å². The maximum Gasteiger partial charge on any atom is 0.305 e. The molecule has 1 atom stereocenters. The van der Waals surface area contributed by atoms with E-state index in [1.54, 1.807) is 6.92 Å². The molecule has 0 fully saturated rings. The highest BCUT2D eigenvalue weighted by molar-refractivity contribution is 5.82. The molecule has 0 aromatic heterocycles. The fraction of sp³-hybridized carbons (Fsp3) is 0.875. The zero-order valence-electron chi connectivity index (χ0n) is 7.16. The lowest BCUT2D eigenvalue weighted by atomic mass is 9.98. The molecule has 11 heavy (non-hydrogen) atoms. The Labute approximate surface area is 65.8 Å². The van der Waals surface area contributed by atoms with Crippen LogP contribution < -0.4 is 0 Å². The van der Waals surface area contributed by atoms with Crippen molar-refractivity contribution in [3.8, 4) is 0 Å². The first-order valence-electron chi connectivity index (χ1n) is 3.79. The number of halogens is 2. The van der Waals surface area contributed by atoms with Gasteiger partial charge in [0.2, 0.25) is 0 Å². The van der Waals surface area contributed by atoms with Gasteiger partial charge >= 0.3 is 5.92 Å². The molecule has 0 aliphatic carbocycles. The number of carbonyl (C=O) groups excluding carboxylic acids is 1. The molecule has 0 heterocycles. The van der Waals surface area contributed by atoms with Crippen molar-refractivity contribution in [1.29, 1.82) is 0 Å². The Kier molecular flexibility index (Phi) is 3.63. The highest BCUT2D eigenvalue weighted by Crippen LogP contribution is 2.25. The van der Waals surface area contributed by atoms with Crippen LogP contribution in [0, 0.1) is 5.92 Å². The van der Waals surface area contributed by atoms with Crippen LogP contribution in [0.2, 0.25) is 0 Å². The Morgan fingerprint density at radius 3 is 2.27 bits per heavy atom. The molecule has 1 unspecified atom stereocenters. The lowest BCUT2D eigenvalue weighted by Crippen LogP contribution is -2.28. The van der Waals surface area contributed by atoms with E-state index in [9.17, 15) is 13.6 Å². The summed E-state index contributed by atoms with van der Waals surface area (Å²) >= 11 is 0. The van der Waals surface area contributed by atoms with Crippen LogP contribution in [0.25, 0.3) is 0 Å². The van der Waals surface area contributed by atoms with Gasteiger partial charge in [-0.05, 0) is 5.92 Å². The first-order chi connectivity index (χ1) is 4.90. The molecule has 0 N–H and O–H groups in total. The van der Waals surface area contributed by atoms with Crippen molar-refractivity contribution in [2.45, 2.75) is 39.5 Å². The summed E-state index contributed by atoms with van der Waals surface area (Å²) in [6.07, 6.45) is 0.363. The van der Waals surface area contributed by atoms with E-state index in [2.05, 4.69) is 0 Å². The van der Waals surface area contributed by atoms with Gasteiger partial charge in [-0.3, -0.25) is 4.79 Å². The predicted molar refractivity (Wildman–Crippen MR) is 39.7 cm³/mol. The molecular formula is C8H14F2O. The second-order valence-electron chi connectivity index (χ2n) is 2.98. The van der Waals surface area contributed by atoms with Gasteiger partial charge in [0.1, 0.15) is 0 Å². The molecular weight excluding hydrogens is 150 g/mol. The number of hydrogen-bond acceptors (Lipinski definition) is 1. The maximum atomic E-state index is 12.6. The molecule has 0 aliphatic heterocycles. The van der Waals surface area contributed by atoms with E-state index in [0.717, 1.165) is 6.92 Å². The summed E-state index contributed by atoms with van der Waals surface area (Å²) in [4.78, 5) is 10.4. The Balaban J connectivity index is 4.01. The zero-order chi connectivity index (χ0) is 9.07. The van der Waals surface area contributed by atoms with E-state index in [1.165, 1.54) is 0 Å². The second kappa shape index (κ2) is 3.79. The second-order valence-corrected chi connectivity index (χ2v) is 2.98. The summed E-state index contributed by atoms with van der Waals surface area (Å²) in [5.41, 5.74) is 0. The number of Topliss-reactive ketones (excluding diaryl/α,β-unsaturated/α-hetero) is 1. The summed E-state index contributed by atoms with van der Waals surface area (Å²) in [6.45, 7) is 4.49. The smallest absolute Gasteiger partial charge is 0.293 e. The van der Waals surface area contributed by atoms with Crippen molar-refractivity contribution in [1.82, 2.24) is 0 Å². The first kappa shape index (κ1) is 10.5. The fourth-order valence-corrected chi connectivity index (χ4v) is 0.726. The van der Waals surface area contributed by atoms with Gasteiger partial charge < -0.3 is 0 Å². The summed E-state index contributed by atoms with van der Waals surface area (Å²) in [6, 6.07) is 0. The third-order valence-electron chi connectivity index (χ3n) is 1.82. The van der Waals surface area contributed by atoms with E-state index < -0.39 is 11.7 Å². The first-order valence-corrected chi connectivity index (χ1v) is 3.79. The molecule has 0 saturated carbocycles. The third-order valence-corrected chi connectivity index (χ3v) is 1.82. The van der Waals surface area contributed by atoms with Crippen molar-refractivity contribution in [2.24, 2.45) is 5.92 Å². The van der Waals surface area contributed by atoms with Crippen LogP contribution in [0.3, 0.4) is 0 Å². The molecule has 0 spiro atoms. The van der Waals surface area contributed by atoms with Crippen LogP contribution in [0.4, 0.5) is 8.78 Å². The molecule has 0 bridgehead atoms. The number of ketones is 1. The van der Waals surface area contributed by atoms with Gasteiger partial charge in [0.15, 0.2) is 5.78 Å². The summed E-state index contributed by atoms with van der Waals surface area (Å²) in [7, 11) is 0. The fourth-order valence-electron chi connectivity index (χ4n) is 0.726. The lowest BCUT2D eigenvalue weighted by molar-refractivity contribution is -0.142. The van der Waals surface area contributed by atoms with Crippen molar-refractivity contribution in [2.75, 3.05) is 0 Å². The van der Waals surface area contributed by atoms with Gasteiger partial charge in [0.25, 0.3) is 0 Å². The van der Waals surface area contributed by atoms with Gasteiger partial charge in [-0.2, -0.15) is 8.78 Å². The molecule has 0 radical (unpaired) electrons. The average molecular weight is 164 g/mol. The molecule has 0 rings (SSSR count). The lowest BCUT2D eigenvalue weighted by Gasteiger charge is -2.16. The predicted octanol–water partition coefficient (Wildman–Crippen LogP) is 2.65. The third kappa shape index (κ3) is 3.44. The summed E-state index contributed by atoms with van der Waals surface area (Å²) in [5.74, 6) is -4.23. The van der Waals surface area contributed by atoms with E-state index in [1.807, 2.05) is 6.92 Å². The molecule has 3 heteroatoms. The minimum absolute atomic E-state index is 0.0890. The van der Waals surface area contributed by atoms with Gasteiger partial charge in [0, 0.05) is 13.3 Å². The number of carbonyl (C=O) groups is 1. The standard InChI is InChI=1S/C8H14F2O/c1-4-6(2)5-8(9,10)7(3)11/h6H,4-5H2,1-3H3. The van der Waals surface area contributed by atoms with Gasteiger partial charge in [-0.1, -0.05) is 20.3 Å². The molecule has 0 aromatic rings. The molecule has 0 aliphatic rings. The minimum Gasteiger partial charge on any atom is -0.293 e. The Bertz CT molecular complexity index is 143. The van der Waals surface area contributed by atoms with Crippen LogP contribution in [0.15, 0.2) is 0 Å². The monoisotopic (exact) mass is 164 g/mol. The molecule has 1 nitrogen and oxygen atoms in total. The SMILES string of the molecule is CCC(C)CC(F)(F)C(C)=O. The quantitative estimate of drug-likeness (QED) is 0.624. The topological polar surface area (TPSA) is 17.1 Å². The van der Waals surface area contributed by atoms with Crippen LogP contribution in [0.1, 0.15) is 33.6 Å². The van der Waals surface area contributed by atoms with Crippen LogP contribution in [-0.4, -0.2) is 11.7 Å². The Morgan fingerprint density at radius 1 is 1.55 bits per heavy atom. The van der Waals surface area contributed by atoms with Crippen LogP contribution in [0.5, 0.6) is 0 Å². The minimum atomic E-state index is -3.12. The van der Waals surface area contributed by atoms with Crippen molar-refractivity contribution in [3.63, 3.8) is 0 Å². The molecule has 0 amide bonds. The summed E-state index contributed by atoms with van der Waals surface area (Å²) < 4.78 is 25.3. The van der Waals surface area contributed by atoms with E-state index in [-0.39, 0.29) is 12.3 Å². The maximum absolute atomic E-state index is 12.6. The van der Waals surface area contributed by atoms with Gasteiger partial charge in [-0.25, -0.2) is 0 Å². The van der Waals surface area contributed by atoms with E-state index >= 15 is 0 Å². The highest BCUT2D eigenvalue weighted by atomic mass is 19.3. The number of rotatable bonds is 4. The van der Waals surface area contributed by atoms with Crippen molar-refractivity contribution < 1.29 is 13.6 Å². The average Bonchev–Trinajstić information content (AvgIpc) is 1.86. The number of alkyl halides is 2. The van der Waals surface area contributed by atoms with Gasteiger partial charge in [-0.15, -0.1) is 0 Å². The highest BCUT2D eigenvalue weighted by Gasteiger charge is 2.35. The van der Waals surface area contributed by atoms with Crippen LogP contribution in [-0.2, 0) is 4.79 Å². The van der Waals surface area contributed by atoms with Gasteiger partial charge in [0.05, 0.1) is 0 Å². The normalized spacial score (nSPS) is 14.6. The molecule has 0 aromatic carbocycles. The Hall–Kier alpha value is -0.470. The van der Waals surface area contributed by atoms with E-state index in [0.29, 0.717) is 6.42 Å². The van der Waals surface area contributed by atoms with Crippen LogP contribution >= 0.6 is 0 Å². The molecule has 0 saturated heterocycles. The summed E-state index contributed by atoms with van der Waals surface area (Å²) in [5, 5.41) is 0. The Morgan fingerprint density at radius 2 is 2.00 bits per heavy atom. The van der Waals surface area contributed by atoms with Crippen molar-refractivity contribution in [3.05, 3.63) is 0 Å². The number of hydrogen-bond donors (Lipinski definition) is 0. The largest absolute Gasteiger partial charge is 0.305 e. The van der Waals surface area contributed by atoms with E-state index in [4.69, 9.17) is 0 Å². The molecule has 66 valence electrons.